The summed E-state index contributed by atoms with van der Waals surface area (Å²) in [6.45, 7) is 0. The Morgan fingerprint density at radius 2 is 1.76 bits per heavy atom. The van der Waals surface area contributed by atoms with Crippen LogP contribution in [0.5, 0.6) is 17.2 Å². The van der Waals surface area contributed by atoms with Crippen molar-refractivity contribution in [2.45, 2.75) is 18.5 Å². The van der Waals surface area contributed by atoms with Crippen molar-refractivity contribution in [2.75, 3.05) is 28.4 Å². The molecule has 0 amide bonds. The van der Waals surface area contributed by atoms with E-state index in [2.05, 4.69) is 11.1 Å². The van der Waals surface area contributed by atoms with Gasteiger partial charge in [-0.25, -0.2) is 4.79 Å². The van der Waals surface area contributed by atoms with Crippen LogP contribution in [0.1, 0.15) is 22.9 Å². The maximum atomic E-state index is 12.4. The Hall–Kier alpha value is -3.19. The number of nitrogens with one attached hydrogen (secondary N) is 1. The van der Waals surface area contributed by atoms with E-state index < -0.39 is 0 Å². The van der Waals surface area contributed by atoms with Crippen molar-refractivity contribution < 1.29 is 29.1 Å². The number of carbonyl (C=O) groups is 1. The fourth-order valence-corrected chi connectivity index (χ4v) is 4.26. The number of aromatic nitrogens is 1. The molecule has 2 aromatic carbocycles. The second-order valence-corrected chi connectivity index (χ2v) is 6.99. The molecule has 0 fully saturated rings. The maximum Gasteiger partial charge on any atom is 0.364 e. The minimum absolute atomic E-state index is 0.190. The van der Waals surface area contributed by atoms with E-state index in [0.717, 1.165) is 27.7 Å². The maximum absolute atomic E-state index is 12.4. The van der Waals surface area contributed by atoms with Crippen LogP contribution >= 0.6 is 0 Å². The van der Waals surface area contributed by atoms with E-state index >= 15 is 0 Å². The quantitative estimate of drug-likeness (QED) is 0.643. The number of ether oxygens (including phenoxy) is 4. The smallest absolute Gasteiger partial charge is 0.364 e. The van der Waals surface area contributed by atoms with Gasteiger partial charge in [0, 0.05) is 17.3 Å². The van der Waals surface area contributed by atoms with Crippen molar-refractivity contribution in [3.8, 4) is 17.2 Å². The van der Waals surface area contributed by atoms with E-state index in [1.807, 2.05) is 35.6 Å². The zero-order valence-corrected chi connectivity index (χ0v) is 16.9. The van der Waals surface area contributed by atoms with Gasteiger partial charge in [-0.3, -0.25) is 0 Å². The molecular formula is C22H25N2O5+. The van der Waals surface area contributed by atoms with E-state index in [9.17, 15) is 4.79 Å². The third kappa shape index (κ3) is 3.07. The topological polar surface area (TPSA) is 86.4 Å². The molecule has 0 spiro atoms. The largest absolute Gasteiger partial charge is 0.493 e. The number of fused-ring (bicyclic) bond motifs is 3. The molecule has 1 aliphatic rings. The van der Waals surface area contributed by atoms with Gasteiger partial charge in [0.25, 0.3) is 0 Å². The molecule has 0 saturated heterocycles. The highest BCUT2D eigenvalue weighted by Crippen LogP contribution is 2.44. The van der Waals surface area contributed by atoms with Crippen LogP contribution in [0.3, 0.4) is 0 Å². The number of H-pyrrole nitrogens is 1. The van der Waals surface area contributed by atoms with Gasteiger partial charge in [0.05, 0.1) is 39.7 Å². The van der Waals surface area contributed by atoms with Gasteiger partial charge in [-0.2, -0.15) is 0 Å². The molecule has 2 heterocycles. The molecule has 3 N–H and O–H groups in total. The molecule has 2 atom stereocenters. The van der Waals surface area contributed by atoms with Crippen molar-refractivity contribution >= 4 is 16.9 Å². The molecule has 0 aliphatic carbocycles. The first kappa shape index (κ1) is 19.1. The van der Waals surface area contributed by atoms with E-state index in [0.29, 0.717) is 23.7 Å². The number of methoxy groups -OCH3 is 4. The van der Waals surface area contributed by atoms with Crippen molar-refractivity contribution in [2.24, 2.45) is 0 Å². The summed E-state index contributed by atoms with van der Waals surface area (Å²) in [6, 6.07) is 11.4. The number of para-hydroxylation sites is 1. The van der Waals surface area contributed by atoms with Crippen LogP contribution in [0.2, 0.25) is 0 Å². The van der Waals surface area contributed by atoms with Crippen molar-refractivity contribution in [3.63, 3.8) is 0 Å². The first-order valence-corrected chi connectivity index (χ1v) is 9.44. The lowest BCUT2D eigenvalue weighted by Crippen LogP contribution is -2.94. The molecule has 1 aromatic heterocycles. The predicted molar refractivity (Wildman–Crippen MR) is 108 cm³/mol. The number of quaternary nitrogens is 1. The second kappa shape index (κ2) is 7.67. The highest BCUT2D eigenvalue weighted by Gasteiger charge is 2.40. The van der Waals surface area contributed by atoms with Gasteiger partial charge < -0.3 is 29.2 Å². The summed E-state index contributed by atoms with van der Waals surface area (Å²) in [4.78, 5) is 16.0. The zero-order valence-electron chi connectivity index (χ0n) is 16.9. The zero-order chi connectivity index (χ0) is 20.5. The molecule has 0 saturated carbocycles. The normalized spacial score (nSPS) is 18.2. The standard InChI is InChI=1S/C22H24N2O5/c1-26-17-10-9-13(20(27-2)21(17)28-3)18-19-14(11-16(24-18)22(25)29-4)12-7-5-6-8-15(12)23-19/h5-10,16,18,23-24H,11H2,1-4H3/p+1/t16-,18-/m0/s1. The van der Waals surface area contributed by atoms with Crippen molar-refractivity contribution in [1.29, 1.82) is 0 Å². The summed E-state index contributed by atoms with van der Waals surface area (Å²) in [6.07, 6.45) is 0.595. The van der Waals surface area contributed by atoms with E-state index in [-0.39, 0.29) is 18.1 Å². The third-order valence-electron chi connectivity index (χ3n) is 5.58. The molecule has 152 valence electrons. The Morgan fingerprint density at radius 1 is 1.00 bits per heavy atom. The third-order valence-corrected chi connectivity index (χ3v) is 5.58. The van der Waals surface area contributed by atoms with E-state index in [1.165, 1.54) is 7.11 Å². The number of carbonyl (C=O) groups excluding carboxylic acids is 1. The summed E-state index contributed by atoms with van der Waals surface area (Å²) in [5.41, 5.74) is 4.12. The second-order valence-electron chi connectivity index (χ2n) is 6.99. The lowest BCUT2D eigenvalue weighted by Gasteiger charge is -2.28. The van der Waals surface area contributed by atoms with Crippen LogP contribution < -0.4 is 19.5 Å². The molecule has 3 aromatic rings. The average Bonchev–Trinajstić information content (AvgIpc) is 3.15. The molecule has 0 bridgehead atoms. The SMILES string of the molecule is COC(=O)[C@@H]1Cc2c([nH]c3ccccc23)[C@H](c2ccc(OC)c(OC)c2OC)[NH2+]1. The van der Waals surface area contributed by atoms with Crippen molar-refractivity contribution in [3.05, 3.63) is 53.2 Å². The molecule has 1 aliphatic heterocycles. The Morgan fingerprint density at radius 3 is 2.45 bits per heavy atom. The van der Waals surface area contributed by atoms with Crippen molar-refractivity contribution in [1.82, 2.24) is 4.98 Å². The molecule has 7 nitrogen and oxygen atoms in total. The lowest BCUT2D eigenvalue weighted by molar-refractivity contribution is -0.712. The van der Waals surface area contributed by atoms with Gasteiger partial charge in [0.2, 0.25) is 5.75 Å². The Balaban J connectivity index is 1.93. The number of esters is 1. The number of hydrogen-bond donors (Lipinski definition) is 2. The minimum Gasteiger partial charge on any atom is -0.493 e. The van der Waals surface area contributed by atoms with Crippen LogP contribution in [0.25, 0.3) is 10.9 Å². The van der Waals surface area contributed by atoms with E-state index in [1.54, 1.807) is 21.3 Å². The number of aromatic amines is 1. The molecule has 29 heavy (non-hydrogen) atoms. The highest BCUT2D eigenvalue weighted by molar-refractivity contribution is 5.86. The first-order chi connectivity index (χ1) is 14.1. The van der Waals surface area contributed by atoms with E-state index in [4.69, 9.17) is 18.9 Å². The Kier molecular flexibility index (Phi) is 5.07. The van der Waals surface area contributed by atoms with Gasteiger partial charge in [0.1, 0.15) is 0 Å². The predicted octanol–water partition coefficient (Wildman–Crippen LogP) is 1.94. The molecule has 0 unspecified atom stereocenters. The highest BCUT2D eigenvalue weighted by atomic mass is 16.5. The first-order valence-electron chi connectivity index (χ1n) is 9.44. The Bertz CT molecular complexity index is 1060. The fraction of sp³-hybridized carbons (Fsp3) is 0.318. The number of hydrogen-bond acceptors (Lipinski definition) is 5. The van der Waals surface area contributed by atoms with Crippen LogP contribution in [0.4, 0.5) is 0 Å². The summed E-state index contributed by atoms with van der Waals surface area (Å²) in [5.74, 6) is 1.46. The molecule has 4 rings (SSSR count). The lowest BCUT2D eigenvalue weighted by atomic mass is 9.89. The summed E-state index contributed by atoms with van der Waals surface area (Å²) < 4.78 is 21.8. The van der Waals surface area contributed by atoms with Crippen LogP contribution in [-0.2, 0) is 16.0 Å². The van der Waals surface area contributed by atoms with Gasteiger partial charge >= 0.3 is 5.97 Å². The van der Waals surface area contributed by atoms with Gasteiger partial charge in [-0.05, 0) is 23.8 Å². The van der Waals surface area contributed by atoms with Crippen LogP contribution in [0.15, 0.2) is 36.4 Å². The summed E-state index contributed by atoms with van der Waals surface area (Å²) >= 11 is 0. The monoisotopic (exact) mass is 397 g/mol. The Labute approximate surface area is 168 Å². The average molecular weight is 397 g/mol. The molecular weight excluding hydrogens is 372 g/mol. The van der Waals surface area contributed by atoms with Crippen LogP contribution in [-0.4, -0.2) is 45.4 Å². The van der Waals surface area contributed by atoms with Gasteiger partial charge in [-0.1, -0.05) is 18.2 Å². The number of benzene rings is 2. The summed E-state index contributed by atoms with van der Waals surface area (Å²) in [5, 5.41) is 3.14. The van der Waals surface area contributed by atoms with Gasteiger partial charge in [0.15, 0.2) is 23.6 Å². The number of nitrogens with two attached hydrogens (primary N) is 1. The van der Waals surface area contributed by atoms with Gasteiger partial charge in [-0.15, -0.1) is 0 Å². The number of rotatable bonds is 5. The molecule has 7 heteroatoms. The fourth-order valence-electron chi connectivity index (χ4n) is 4.26. The minimum atomic E-state index is -0.352. The molecule has 0 radical (unpaired) electrons. The van der Waals surface area contributed by atoms with Crippen LogP contribution in [0, 0.1) is 0 Å². The summed E-state index contributed by atoms with van der Waals surface area (Å²) in [7, 11) is 6.20.